The molecule has 3 atom stereocenters. The summed E-state index contributed by atoms with van der Waals surface area (Å²) < 4.78 is 51.5. The van der Waals surface area contributed by atoms with Crippen LogP contribution in [0.1, 0.15) is 24.1 Å². The van der Waals surface area contributed by atoms with Crippen LogP contribution in [0.15, 0.2) is 52.6 Å². The summed E-state index contributed by atoms with van der Waals surface area (Å²) in [5.41, 5.74) is -0.342. The van der Waals surface area contributed by atoms with Crippen molar-refractivity contribution < 1.29 is 17.6 Å². The number of alkyl halides is 3. The average molecular weight is 359 g/mol. The van der Waals surface area contributed by atoms with E-state index in [9.17, 15) is 17.6 Å². The van der Waals surface area contributed by atoms with Crippen molar-refractivity contribution in [2.75, 3.05) is 0 Å². The van der Waals surface area contributed by atoms with E-state index >= 15 is 0 Å². The molecule has 0 bridgehead atoms. The number of benzene rings is 1. The smallest absolute Gasteiger partial charge is 0.370 e. The summed E-state index contributed by atoms with van der Waals surface area (Å²) in [7, 11) is 2.44. The molecule has 0 fully saturated rings. The Morgan fingerprint density at radius 2 is 2.04 bits per heavy atom. The number of halogens is 4. The first-order chi connectivity index (χ1) is 11.2. The summed E-state index contributed by atoms with van der Waals surface area (Å²) in [5, 5.41) is 2.81. The molecule has 0 amide bonds. The predicted molar refractivity (Wildman–Crippen MR) is 92.8 cm³/mol. The van der Waals surface area contributed by atoms with Crippen molar-refractivity contribution in [3.63, 3.8) is 0 Å². The lowest BCUT2D eigenvalue weighted by molar-refractivity contribution is -0.137. The van der Waals surface area contributed by atoms with Gasteiger partial charge in [0.15, 0.2) is 0 Å². The van der Waals surface area contributed by atoms with Gasteiger partial charge in [0.1, 0.15) is 11.6 Å². The van der Waals surface area contributed by atoms with Crippen molar-refractivity contribution in [1.82, 2.24) is 5.32 Å². The summed E-state index contributed by atoms with van der Waals surface area (Å²) in [4.78, 5) is 7.93. The molecule has 0 saturated heterocycles. The van der Waals surface area contributed by atoms with E-state index in [4.69, 9.17) is 0 Å². The van der Waals surface area contributed by atoms with Crippen LogP contribution in [0.3, 0.4) is 0 Å². The van der Waals surface area contributed by atoms with Crippen LogP contribution < -0.4 is 5.32 Å². The minimum atomic E-state index is -4.57. The van der Waals surface area contributed by atoms with Crippen LogP contribution in [-0.2, 0) is 6.18 Å². The third kappa shape index (κ3) is 5.57. The van der Waals surface area contributed by atoms with Gasteiger partial charge in [-0.05, 0) is 31.9 Å². The van der Waals surface area contributed by atoms with Crippen molar-refractivity contribution in [2.24, 2.45) is 9.98 Å². The van der Waals surface area contributed by atoms with Gasteiger partial charge in [0, 0.05) is 5.56 Å². The Morgan fingerprint density at radius 3 is 2.54 bits per heavy atom. The van der Waals surface area contributed by atoms with Crippen LogP contribution in [0, 0.1) is 5.82 Å². The summed E-state index contributed by atoms with van der Waals surface area (Å²) in [6, 6.07) is 1.88. The van der Waals surface area contributed by atoms with Gasteiger partial charge in [-0.3, -0.25) is 9.98 Å². The van der Waals surface area contributed by atoms with Gasteiger partial charge in [0.2, 0.25) is 0 Å². The summed E-state index contributed by atoms with van der Waals surface area (Å²) in [6.07, 6.45) is -0.0392. The molecule has 0 aliphatic rings. The highest BCUT2D eigenvalue weighted by atomic mass is 31.0. The fraction of sp³-hybridized carbons (Fsp3) is 0.250. The number of hydrogen-bond acceptors (Lipinski definition) is 2. The Kier molecular flexibility index (Phi) is 7.29. The second kappa shape index (κ2) is 8.73. The van der Waals surface area contributed by atoms with E-state index < -0.39 is 23.6 Å². The molecule has 0 spiro atoms. The van der Waals surface area contributed by atoms with Gasteiger partial charge in [-0.25, -0.2) is 4.39 Å². The van der Waals surface area contributed by atoms with E-state index in [0.29, 0.717) is 11.8 Å². The number of rotatable bonds is 7. The maximum atomic E-state index is 13.9. The van der Waals surface area contributed by atoms with Crippen LogP contribution in [0.2, 0.25) is 0 Å². The molecule has 1 N–H and O–H groups in total. The van der Waals surface area contributed by atoms with Gasteiger partial charge in [-0.2, -0.15) is 13.2 Å². The highest BCUT2D eigenvalue weighted by Crippen LogP contribution is 2.31. The van der Waals surface area contributed by atoms with Gasteiger partial charge in [-0.15, -0.1) is 9.24 Å². The third-order valence-electron chi connectivity index (χ3n) is 3.13. The minimum Gasteiger partial charge on any atom is -0.370 e. The molecule has 1 aromatic rings. The molecule has 8 heteroatoms. The molecule has 3 nitrogen and oxygen atoms in total. The summed E-state index contributed by atoms with van der Waals surface area (Å²) >= 11 is 0. The van der Waals surface area contributed by atoms with Gasteiger partial charge in [0.25, 0.3) is 0 Å². The van der Waals surface area contributed by atoms with Crippen molar-refractivity contribution in [3.05, 3.63) is 59.6 Å². The molecule has 1 aromatic carbocycles. The van der Waals surface area contributed by atoms with Crippen LogP contribution in [0.4, 0.5) is 17.6 Å². The highest BCUT2D eigenvalue weighted by molar-refractivity contribution is 7.18. The Bertz CT molecular complexity index is 653. The monoisotopic (exact) mass is 359 g/mol. The fourth-order valence-corrected chi connectivity index (χ4v) is 2.12. The van der Waals surface area contributed by atoms with Crippen molar-refractivity contribution in [3.8, 4) is 0 Å². The first-order valence-electron chi connectivity index (χ1n) is 6.90. The topological polar surface area (TPSA) is 36.8 Å². The van der Waals surface area contributed by atoms with Gasteiger partial charge >= 0.3 is 6.18 Å². The van der Waals surface area contributed by atoms with Crippen LogP contribution in [-0.4, -0.2) is 18.8 Å². The highest BCUT2D eigenvalue weighted by Gasteiger charge is 2.31. The largest absolute Gasteiger partial charge is 0.416 e. The SMILES string of the molecule is C=C/C=C(\N=C)C(P)/N=C\NC(C)c1ccc(C(F)(F)F)cc1F. The molecule has 1 rings (SSSR count). The maximum absolute atomic E-state index is 13.9. The van der Waals surface area contributed by atoms with E-state index in [1.54, 1.807) is 19.1 Å². The quantitative estimate of drug-likeness (QED) is 0.251. The first-order valence-corrected chi connectivity index (χ1v) is 7.56. The van der Waals surface area contributed by atoms with Gasteiger partial charge < -0.3 is 5.32 Å². The second-order valence-electron chi connectivity index (χ2n) is 4.83. The normalized spacial score (nSPS) is 15.2. The molecule has 24 heavy (non-hydrogen) atoms. The van der Waals surface area contributed by atoms with Crippen molar-refractivity contribution in [2.45, 2.75) is 24.9 Å². The number of nitrogens with one attached hydrogen (secondary N) is 1. The van der Waals surface area contributed by atoms with Crippen LogP contribution >= 0.6 is 9.24 Å². The average Bonchev–Trinajstić information content (AvgIpc) is 2.51. The van der Waals surface area contributed by atoms with Crippen molar-refractivity contribution >= 4 is 22.3 Å². The van der Waals surface area contributed by atoms with Gasteiger partial charge in [-0.1, -0.05) is 18.7 Å². The van der Waals surface area contributed by atoms with Crippen LogP contribution in [0.25, 0.3) is 0 Å². The number of hydrogen-bond donors (Lipinski definition) is 1. The molecule has 0 aliphatic heterocycles. The zero-order valence-corrected chi connectivity index (χ0v) is 14.2. The van der Waals surface area contributed by atoms with E-state index in [1.807, 2.05) is 0 Å². The van der Waals surface area contributed by atoms with E-state index in [2.05, 4.69) is 37.8 Å². The molecule has 3 unspecified atom stereocenters. The summed E-state index contributed by atoms with van der Waals surface area (Å²) in [5.74, 6) is -1.31. The van der Waals surface area contributed by atoms with E-state index in [-0.39, 0.29) is 11.3 Å². The summed E-state index contributed by atoms with van der Waals surface area (Å²) in [6.45, 7) is 8.58. The molecule has 0 aliphatic carbocycles. The molecule has 0 saturated carbocycles. The van der Waals surface area contributed by atoms with E-state index in [1.165, 1.54) is 6.34 Å². The first kappa shape index (κ1) is 20.0. The number of aliphatic imine (C=N–C) groups is 2. The Morgan fingerprint density at radius 1 is 1.38 bits per heavy atom. The zero-order valence-electron chi connectivity index (χ0n) is 13.0. The van der Waals surface area contributed by atoms with Crippen LogP contribution in [0.5, 0.6) is 0 Å². The lowest BCUT2D eigenvalue weighted by Gasteiger charge is -2.15. The zero-order chi connectivity index (χ0) is 18.3. The molecule has 0 radical (unpaired) electrons. The fourth-order valence-electron chi connectivity index (χ4n) is 1.82. The molecular weight excluding hydrogens is 341 g/mol. The molecule has 0 aromatic heterocycles. The van der Waals surface area contributed by atoms with E-state index in [0.717, 1.165) is 12.1 Å². The van der Waals surface area contributed by atoms with Gasteiger partial charge in [0.05, 0.1) is 23.6 Å². The second-order valence-corrected chi connectivity index (χ2v) is 5.46. The third-order valence-corrected chi connectivity index (χ3v) is 3.64. The molecule has 0 heterocycles. The standard InChI is InChI=1S/C16H18F4N3P/c1-4-5-14(21-3)15(24)23-9-22-10(2)12-7-6-11(8-13(12)17)16(18,19)20/h4-10,15H,1,3,24H2,2H3,(H,22,23)/b14-5-. The Hall–Kier alpha value is -2.01. The minimum absolute atomic E-state index is 0.110. The number of nitrogens with zero attached hydrogens (tertiary/aromatic N) is 2. The molecule has 130 valence electrons. The maximum Gasteiger partial charge on any atom is 0.416 e. The number of allylic oxidation sites excluding steroid dienone is 2. The Balaban J connectivity index is 2.80. The van der Waals surface area contributed by atoms with Crippen molar-refractivity contribution in [1.29, 1.82) is 0 Å². The lowest BCUT2D eigenvalue weighted by Crippen LogP contribution is -2.19. The molecular formula is C16H18F4N3P. The predicted octanol–water partition coefficient (Wildman–Crippen LogP) is 4.50. The Labute approximate surface area is 140 Å². The lowest BCUT2D eigenvalue weighted by atomic mass is 10.1.